The molecule has 2 aliphatic heterocycles. The number of halogens is 1. The molecular formula is C19H17ClN2O3S2. The van der Waals surface area contributed by atoms with Gasteiger partial charge in [-0.1, -0.05) is 59.8 Å². The second-order valence-electron chi connectivity index (χ2n) is 6.60. The normalized spacial score (nSPS) is 24.9. The van der Waals surface area contributed by atoms with Crippen molar-refractivity contribution in [1.82, 2.24) is 0 Å². The van der Waals surface area contributed by atoms with E-state index >= 15 is 0 Å². The Kier molecular flexibility index (Phi) is 5.01. The third-order valence-corrected chi connectivity index (χ3v) is 8.02. The van der Waals surface area contributed by atoms with Crippen LogP contribution in [-0.4, -0.2) is 42.3 Å². The lowest BCUT2D eigenvalue weighted by Crippen LogP contribution is -2.37. The Morgan fingerprint density at radius 3 is 2.67 bits per heavy atom. The minimum absolute atomic E-state index is 0.0586. The van der Waals surface area contributed by atoms with Crippen molar-refractivity contribution >= 4 is 50.0 Å². The van der Waals surface area contributed by atoms with Crippen molar-refractivity contribution in [2.45, 2.75) is 17.7 Å². The third kappa shape index (κ3) is 4.05. The molecule has 0 N–H and O–H groups in total. The summed E-state index contributed by atoms with van der Waals surface area (Å²) in [6.45, 7) is 0. The molecule has 2 heterocycles. The van der Waals surface area contributed by atoms with E-state index in [2.05, 4.69) is 4.99 Å². The zero-order valence-corrected chi connectivity index (χ0v) is 16.7. The number of nitrogens with zero attached hydrogens (tertiary/aromatic N) is 2. The van der Waals surface area contributed by atoms with Crippen LogP contribution >= 0.6 is 23.4 Å². The summed E-state index contributed by atoms with van der Waals surface area (Å²) in [6.07, 6.45) is 0.210. The number of carbonyl (C=O) groups excluding carboxylic acids is 1. The van der Waals surface area contributed by atoms with Crippen LogP contribution in [0.2, 0.25) is 5.02 Å². The Balaban J connectivity index is 1.65. The van der Waals surface area contributed by atoms with E-state index in [9.17, 15) is 13.2 Å². The number of hydrogen-bond acceptors (Lipinski definition) is 4. The molecule has 0 aromatic heterocycles. The fourth-order valence-electron chi connectivity index (χ4n) is 3.41. The van der Waals surface area contributed by atoms with E-state index in [1.54, 1.807) is 12.1 Å². The van der Waals surface area contributed by atoms with Gasteiger partial charge in [0, 0.05) is 16.0 Å². The van der Waals surface area contributed by atoms with Gasteiger partial charge in [-0.15, -0.1) is 0 Å². The topological polar surface area (TPSA) is 66.8 Å². The lowest BCUT2D eigenvalue weighted by atomic mass is 10.1. The monoisotopic (exact) mass is 420 g/mol. The molecule has 4 rings (SSSR count). The molecule has 0 bridgehead atoms. The van der Waals surface area contributed by atoms with E-state index in [-0.39, 0.29) is 35.1 Å². The summed E-state index contributed by atoms with van der Waals surface area (Å²) >= 11 is 7.49. The summed E-state index contributed by atoms with van der Waals surface area (Å²) in [6, 6.07) is 16.4. The van der Waals surface area contributed by atoms with Crippen molar-refractivity contribution in [3.63, 3.8) is 0 Å². The predicted molar refractivity (Wildman–Crippen MR) is 110 cm³/mol. The van der Waals surface area contributed by atoms with Crippen LogP contribution in [0.4, 0.5) is 5.69 Å². The minimum atomic E-state index is -3.09. The molecule has 2 saturated heterocycles. The molecular weight excluding hydrogens is 404 g/mol. The summed E-state index contributed by atoms with van der Waals surface area (Å²) in [5.74, 6) is -0.0903. The summed E-state index contributed by atoms with van der Waals surface area (Å²) in [5, 5.41) is 0.970. The summed E-state index contributed by atoms with van der Waals surface area (Å²) in [4.78, 5) is 18.7. The maximum atomic E-state index is 12.5. The Morgan fingerprint density at radius 1 is 1.15 bits per heavy atom. The standard InChI is InChI=1S/C19H17ClN2O3S2/c20-14-7-4-8-15(10-14)22-16-11-27(24,25)12-17(16)26-19(22)21-18(23)9-13-5-2-1-3-6-13/h1-8,10,16-17H,9,11-12H2/t16-,17-/m1/s1. The second kappa shape index (κ2) is 7.30. The predicted octanol–water partition coefficient (Wildman–Crippen LogP) is 3.18. The number of benzene rings is 2. The number of rotatable bonds is 3. The third-order valence-electron chi connectivity index (χ3n) is 4.57. The van der Waals surface area contributed by atoms with Crippen LogP contribution in [0, 0.1) is 0 Å². The molecule has 5 nitrogen and oxygen atoms in total. The van der Waals surface area contributed by atoms with Crippen LogP contribution in [-0.2, 0) is 21.1 Å². The van der Waals surface area contributed by atoms with Gasteiger partial charge in [0.25, 0.3) is 5.91 Å². The first kappa shape index (κ1) is 18.5. The average Bonchev–Trinajstić information content (AvgIpc) is 3.06. The van der Waals surface area contributed by atoms with E-state index in [4.69, 9.17) is 11.6 Å². The highest BCUT2D eigenvalue weighted by Crippen LogP contribution is 2.41. The Labute approximate surface area is 167 Å². The number of thioether (sulfide) groups is 1. The molecule has 2 aromatic carbocycles. The molecule has 0 radical (unpaired) electrons. The summed E-state index contributed by atoms with van der Waals surface area (Å²) in [5.41, 5.74) is 1.65. The number of carbonyl (C=O) groups is 1. The lowest BCUT2D eigenvalue weighted by Gasteiger charge is -2.24. The van der Waals surface area contributed by atoms with E-state index < -0.39 is 9.84 Å². The molecule has 27 heavy (non-hydrogen) atoms. The van der Waals surface area contributed by atoms with Crippen molar-refractivity contribution in [2.24, 2.45) is 4.99 Å². The van der Waals surface area contributed by atoms with Crippen molar-refractivity contribution in [3.05, 3.63) is 65.2 Å². The highest BCUT2D eigenvalue weighted by molar-refractivity contribution is 8.16. The average molecular weight is 421 g/mol. The smallest absolute Gasteiger partial charge is 0.252 e. The van der Waals surface area contributed by atoms with Crippen molar-refractivity contribution in [1.29, 1.82) is 0 Å². The van der Waals surface area contributed by atoms with Crippen molar-refractivity contribution in [3.8, 4) is 0 Å². The molecule has 2 aliphatic rings. The number of sulfone groups is 1. The van der Waals surface area contributed by atoms with Gasteiger partial charge in [-0.05, 0) is 23.8 Å². The molecule has 2 fully saturated rings. The molecule has 0 saturated carbocycles. The molecule has 0 aliphatic carbocycles. The van der Waals surface area contributed by atoms with Crippen molar-refractivity contribution < 1.29 is 13.2 Å². The number of amidine groups is 1. The van der Waals surface area contributed by atoms with E-state index in [1.807, 2.05) is 47.4 Å². The summed E-state index contributed by atoms with van der Waals surface area (Å²) < 4.78 is 24.2. The number of fused-ring (bicyclic) bond motifs is 1. The van der Waals surface area contributed by atoms with Gasteiger partial charge in [-0.2, -0.15) is 4.99 Å². The van der Waals surface area contributed by atoms with E-state index in [0.717, 1.165) is 11.3 Å². The fraction of sp³-hybridized carbons (Fsp3) is 0.263. The van der Waals surface area contributed by atoms with Gasteiger partial charge in [-0.3, -0.25) is 4.79 Å². The Hall–Kier alpha value is -1.83. The van der Waals surface area contributed by atoms with Crippen LogP contribution in [0.15, 0.2) is 59.6 Å². The van der Waals surface area contributed by atoms with Gasteiger partial charge in [0.15, 0.2) is 15.0 Å². The van der Waals surface area contributed by atoms with Crippen LogP contribution in [0.25, 0.3) is 0 Å². The largest absolute Gasteiger partial charge is 0.316 e. The van der Waals surface area contributed by atoms with Crippen LogP contribution < -0.4 is 4.90 Å². The van der Waals surface area contributed by atoms with Crippen LogP contribution in [0.5, 0.6) is 0 Å². The number of hydrogen-bond donors (Lipinski definition) is 0. The van der Waals surface area contributed by atoms with Gasteiger partial charge in [0.1, 0.15) is 0 Å². The quantitative estimate of drug-likeness (QED) is 0.762. The molecule has 0 spiro atoms. The number of amides is 1. The lowest BCUT2D eigenvalue weighted by molar-refractivity contribution is -0.117. The number of anilines is 1. The molecule has 1 amide bonds. The molecule has 140 valence electrons. The zero-order valence-electron chi connectivity index (χ0n) is 14.3. The van der Waals surface area contributed by atoms with Gasteiger partial charge >= 0.3 is 0 Å². The highest BCUT2D eigenvalue weighted by Gasteiger charge is 2.49. The molecule has 0 unspecified atom stereocenters. The fourth-order valence-corrected chi connectivity index (χ4v) is 7.52. The van der Waals surface area contributed by atoms with E-state index in [1.165, 1.54) is 11.8 Å². The summed E-state index contributed by atoms with van der Waals surface area (Å²) in [7, 11) is -3.09. The first-order valence-electron chi connectivity index (χ1n) is 8.49. The van der Waals surface area contributed by atoms with Crippen molar-refractivity contribution in [2.75, 3.05) is 16.4 Å². The second-order valence-corrected chi connectivity index (χ2v) is 10.4. The van der Waals surface area contributed by atoms with Gasteiger partial charge in [-0.25, -0.2) is 8.42 Å². The van der Waals surface area contributed by atoms with Gasteiger partial charge in [0.2, 0.25) is 0 Å². The maximum absolute atomic E-state index is 12.5. The van der Waals surface area contributed by atoms with Crippen LogP contribution in [0.3, 0.4) is 0 Å². The minimum Gasteiger partial charge on any atom is -0.316 e. The zero-order chi connectivity index (χ0) is 19.0. The van der Waals surface area contributed by atoms with Gasteiger partial charge in [0.05, 0.1) is 24.0 Å². The van der Waals surface area contributed by atoms with E-state index in [0.29, 0.717) is 10.2 Å². The Morgan fingerprint density at radius 2 is 1.93 bits per heavy atom. The van der Waals surface area contributed by atoms with Gasteiger partial charge < -0.3 is 4.90 Å². The maximum Gasteiger partial charge on any atom is 0.252 e. The SMILES string of the molecule is O=C(Cc1ccccc1)N=C1S[C@@H]2CS(=O)(=O)C[C@H]2N1c1cccc(Cl)c1. The highest BCUT2D eigenvalue weighted by atomic mass is 35.5. The molecule has 8 heteroatoms. The molecule has 2 atom stereocenters. The number of aliphatic imine (C=N–C) groups is 1. The first-order valence-corrected chi connectivity index (χ1v) is 11.6. The Bertz CT molecular complexity index is 1010. The molecule has 2 aromatic rings. The first-order chi connectivity index (χ1) is 12.9. The van der Waals surface area contributed by atoms with Crippen LogP contribution in [0.1, 0.15) is 5.56 Å².